The smallest absolute Gasteiger partial charge is 0.261 e. The summed E-state index contributed by atoms with van der Waals surface area (Å²) < 4.78 is 27.2. The predicted molar refractivity (Wildman–Crippen MR) is 116 cm³/mol. The predicted octanol–water partition coefficient (Wildman–Crippen LogP) is 2.27. The Hall–Kier alpha value is -4.48. The summed E-state index contributed by atoms with van der Waals surface area (Å²) in [6.45, 7) is 1.75. The molecule has 0 fully saturated rings. The number of anilines is 1. The quantitative estimate of drug-likeness (QED) is 0.394. The number of methoxy groups -OCH3 is 4. The molecule has 0 aliphatic carbocycles. The number of aromatic nitrogens is 4. The number of benzene rings is 2. The van der Waals surface area contributed by atoms with Crippen molar-refractivity contribution < 1.29 is 33.3 Å². The Bertz CT molecular complexity index is 1350. The van der Waals surface area contributed by atoms with Crippen molar-refractivity contribution in [2.24, 2.45) is 0 Å². The fourth-order valence-electron chi connectivity index (χ4n) is 3.59. The number of ether oxygens (including phenoxy) is 4. The first kappa shape index (κ1) is 21.7. The second-order valence-corrected chi connectivity index (χ2v) is 6.91. The molecule has 4 aromatic rings. The summed E-state index contributed by atoms with van der Waals surface area (Å²) in [5.41, 5.74) is 6.52. The molecular formula is C21H21N5O7. The van der Waals surface area contributed by atoms with Crippen LogP contribution in [-0.4, -0.2) is 59.5 Å². The molecule has 0 aliphatic rings. The van der Waals surface area contributed by atoms with Crippen molar-refractivity contribution in [2.45, 2.75) is 6.92 Å². The van der Waals surface area contributed by atoms with Gasteiger partial charge in [-0.25, -0.2) is 0 Å². The number of ketones is 1. The average molecular weight is 455 g/mol. The lowest BCUT2D eigenvalue weighted by Gasteiger charge is -2.14. The van der Waals surface area contributed by atoms with Crippen molar-refractivity contribution in [1.29, 1.82) is 0 Å². The van der Waals surface area contributed by atoms with Crippen molar-refractivity contribution in [3.05, 3.63) is 34.9 Å². The first-order valence-electron chi connectivity index (χ1n) is 9.58. The minimum Gasteiger partial charge on any atom is -0.502 e. The summed E-state index contributed by atoms with van der Waals surface area (Å²) in [7, 11) is 5.76. The minimum atomic E-state index is -0.480. The first-order valence-corrected chi connectivity index (χ1v) is 9.58. The number of nitrogens with two attached hydrogens (primary N) is 1. The molecule has 3 N–H and O–H groups in total. The summed E-state index contributed by atoms with van der Waals surface area (Å²) >= 11 is 0. The zero-order chi connectivity index (χ0) is 23.9. The molecule has 0 spiro atoms. The molecule has 12 heteroatoms. The van der Waals surface area contributed by atoms with E-state index in [9.17, 15) is 9.90 Å². The molecule has 33 heavy (non-hydrogen) atoms. The second kappa shape index (κ2) is 8.22. The molecule has 0 unspecified atom stereocenters. The highest BCUT2D eigenvalue weighted by molar-refractivity contribution is 6.20. The number of nitrogen functional groups attached to an aromatic ring is 1. The Morgan fingerprint density at radius 2 is 1.67 bits per heavy atom. The molecule has 4 rings (SSSR count). The third-order valence-electron chi connectivity index (χ3n) is 5.06. The molecule has 0 atom stereocenters. The van der Waals surface area contributed by atoms with Crippen molar-refractivity contribution in [1.82, 2.24) is 20.2 Å². The average Bonchev–Trinajstić information content (AvgIpc) is 3.44. The number of tetrazole rings is 1. The van der Waals surface area contributed by atoms with Crippen LogP contribution in [0.25, 0.3) is 16.9 Å². The molecule has 0 saturated carbocycles. The van der Waals surface area contributed by atoms with Crippen LogP contribution >= 0.6 is 0 Å². The van der Waals surface area contributed by atoms with Crippen LogP contribution in [0.1, 0.15) is 21.5 Å². The number of rotatable bonds is 7. The van der Waals surface area contributed by atoms with Crippen molar-refractivity contribution in [2.75, 3.05) is 34.2 Å². The summed E-state index contributed by atoms with van der Waals surface area (Å²) in [6, 6.07) is 4.61. The van der Waals surface area contributed by atoms with Gasteiger partial charge in [0.1, 0.15) is 0 Å². The van der Waals surface area contributed by atoms with Gasteiger partial charge in [0.25, 0.3) is 11.8 Å². The number of hydrogen-bond acceptors (Lipinski definition) is 11. The zero-order valence-corrected chi connectivity index (χ0v) is 18.5. The first-order chi connectivity index (χ1) is 15.8. The van der Waals surface area contributed by atoms with E-state index in [1.807, 2.05) is 0 Å². The Balaban J connectivity index is 2.04. The number of carbonyl (C=O) groups is 1. The molecule has 0 saturated heterocycles. The van der Waals surface area contributed by atoms with Gasteiger partial charge in [-0.3, -0.25) is 4.79 Å². The van der Waals surface area contributed by atoms with E-state index in [1.165, 1.54) is 40.6 Å². The number of phenolic OH excluding ortho intramolecular Hbond substituents is 1. The Morgan fingerprint density at radius 3 is 2.18 bits per heavy atom. The van der Waals surface area contributed by atoms with E-state index in [4.69, 9.17) is 29.1 Å². The van der Waals surface area contributed by atoms with Crippen molar-refractivity contribution >= 4 is 22.7 Å². The van der Waals surface area contributed by atoms with Crippen LogP contribution in [0.15, 0.2) is 22.6 Å². The number of phenols is 1. The fraction of sp³-hybridized carbons (Fsp3) is 0.238. The highest BCUT2D eigenvalue weighted by Crippen LogP contribution is 2.44. The van der Waals surface area contributed by atoms with Crippen molar-refractivity contribution in [3.63, 3.8) is 0 Å². The number of hydrogen-bond donors (Lipinski definition) is 2. The van der Waals surface area contributed by atoms with Crippen LogP contribution in [0.3, 0.4) is 0 Å². The molecule has 2 aromatic carbocycles. The van der Waals surface area contributed by atoms with Crippen LogP contribution in [-0.2, 0) is 0 Å². The lowest BCUT2D eigenvalue weighted by molar-refractivity contribution is 0.103. The molecule has 2 aromatic heterocycles. The largest absolute Gasteiger partial charge is 0.502 e. The molecule has 0 amide bonds. The van der Waals surface area contributed by atoms with Gasteiger partial charge in [-0.2, -0.15) is 0 Å². The maximum atomic E-state index is 13.8. The van der Waals surface area contributed by atoms with Crippen LogP contribution in [0.4, 0.5) is 5.95 Å². The minimum absolute atomic E-state index is 0.0218. The standard InChI is InChI=1S/C21H21N5O7/c1-9-6-11(29-2)17(28)19-14(9)15(20(33-19)26-24-21(22)23-25-26)16(27)10-7-12(30-3)18(32-5)13(8-10)31-4/h6-8,28H,1-5H3,(H2,22,24). The number of furan rings is 1. The van der Waals surface area contributed by atoms with Gasteiger partial charge in [0, 0.05) is 10.9 Å². The highest BCUT2D eigenvalue weighted by Gasteiger charge is 2.30. The van der Waals surface area contributed by atoms with E-state index in [2.05, 4.69) is 15.4 Å². The van der Waals surface area contributed by atoms with Gasteiger partial charge in [-0.15, -0.1) is 5.10 Å². The molecule has 0 aliphatic heterocycles. The maximum absolute atomic E-state index is 13.8. The number of aryl methyl sites for hydroxylation is 1. The number of carbonyl (C=O) groups excluding carboxylic acids is 1. The van der Waals surface area contributed by atoms with Gasteiger partial charge in [-0.1, -0.05) is 9.90 Å². The SMILES string of the molecule is COc1cc(C(=O)c2c(-n3nnc(N)n3)oc3c(O)c(OC)cc(C)c23)cc(OC)c1OC. The topological polar surface area (TPSA) is 157 Å². The molecule has 172 valence electrons. The molecule has 12 nitrogen and oxygen atoms in total. The summed E-state index contributed by atoms with van der Waals surface area (Å²) in [4.78, 5) is 14.8. The molecular weight excluding hydrogens is 434 g/mol. The summed E-state index contributed by atoms with van der Waals surface area (Å²) in [5.74, 6) is 0.122. The highest BCUT2D eigenvalue weighted by atomic mass is 16.5. The van der Waals surface area contributed by atoms with Crippen LogP contribution in [0, 0.1) is 6.92 Å². The number of nitrogens with zero attached hydrogens (tertiary/aromatic N) is 4. The third-order valence-corrected chi connectivity index (χ3v) is 5.06. The molecule has 0 bridgehead atoms. The number of aromatic hydroxyl groups is 1. The van der Waals surface area contributed by atoms with E-state index >= 15 is 0 Å². The molecule has 2 heterocycles. The summed E-state index contributed by atoms with van der Waals surface area (Å²) in [6.07, 6.45) is 0. The van der Waals surface area contributed by atoms with E-state index in [1.54, 1.807) is 13.0 Å². The Labute approximate surface area is 187 Å². The van der Waals surface area contributed by atoms with Gasteiger partial charge < -0.3 is 34.2 Å². The lowest BCUT2D eigenvalue weighted by atomic mass is 9.98. The van der Waals surface area contributed by atoms with Gasteiger partial charge in [0.05, 0.1) is 34.0 Å². The van der Waals surface area contributed by atoms with Gasteiger partial charge in [0.15, 0.2) is 28.6 Å². The third kappa shape index (κ3) is 3.41. The Kier molecular flexibility index (Phi) is 5.42. The second-order valence-electron chi connectivity index (χ2n) is 6.91. The molecule has 0 radical (unpaired) electrons. The van der Waals surface area contributed by atoms with Crippen LogP contribution in [0.2, 0.25) is 0 Å². The van der Waals surface area contributed by atoms with Gasteiger partial charge in [0.2, 0.25) is 11.5 Å². The zero-order valence-electron chi connectivity index (χ0n) is 18.5. The van der Waals surface area contributed by atoms with Crippen LogP contribution < -0.4 is 24.7 Å². The maximum Gasteiger partial charge on any atom is 0.261 e. The van der Waals surface area contributed by atoms with Gasteiger partial charge in [-0.05, 0) is 35.9 Å². The number of fused-ring (bicyclic) bond motifs is 1. The van der Waals surface area contributed by atoms with Crippen molar-refractivity contribution in [3.8, 4) is 34.6 Å². The van der Waals surface area contributed by atoms with E-state index < -0.39 is 5.78 Å². The lowest BCUT2D eigenvalue weighted by Crippen LogP contribution is -2.09. The van der Waals surface area contributed by atoms with E-state index in [-0.39, 0.29) is 40.0 Å². The monoisotopic (exact) mass is 455 g/mol. The van der Waals surface area contributed by atoms with E-state index in [0.717, 1.165) is 4.80 Å². The summed E-state index contributed by atoms with van der Waals surface area (Å²) in [5, 5.41) is 22.4. The normalized spacial score (nSPS) is 10.9. The Morgan fingerprint density at radius 1 is 1.03 bits per heavy atom. The van der Waals surface area contributed by atoms with Crippen LogP contribution in [0.5, 0.6) is 28.7 Å². The van der Waals surface area contributed by atoms with E-state index in [0.29, 0.717) is 28.2 Å². The van der Waals surface area contributed by atoms with Gasteiger partial charge >= 0.3 is 0 Å². The fourth-order valence-corrected chi connectivity index (χ4v) is 3.59.